The van der Waals surface area contributed by atoms with Crippen LogP contribution in [0.25, 0.3) is 11.0 Å². The van der Waals surface area contributed by atoms with Crippen molar-refractivity contribution in [2.24, 2.45) is 0 Å². The van der Waals surface area contributed by atoms with Gasteiger partial charge < -0.3 is 19.9 Å². The van der Waals surface area contributed by atoms with Crippen molar-refractivity contribution in [3.05, 3.63) is 90.4 Å². The molecular weight excluding hydrogens is 468 g/mol. The summed E-state index contributed by atoms with van der Waals surface area (Å²) >= 11 is 0. The number of anilines is 1. The summed E-state index contributed by atoms with van der Waals surface area (Å²) in [7, 11) is 0. The third-order valence-corrected chi connectivity index (χ3v) is 6.35. The van der Waals surface area contributed by atoms with Gasteiger partial charge >= 0.3 is 0 Å². The average molecular weight is 493 g/mol. The Morgan fingerprint density at radius 2 is 1.89 bits per heavy atom. The van der Waals surface area contributed by atoms with Crippen LogP contribution < -0.4 is 10.1 Å². The molecule has 0 saturated carbocycles. The number of amides is 1. The van der Waals surface area contributed by atoms with Gasteiger partial charge in [0, 0.05) is 30.9 Å². The maximum atomic E-state index is 13.4. The van der Waals surface area contributed by atoms with Crippen LogP contribution in [0, 0.1) is 11.3 Å². The topological polar surface area (TPSA) is 124 Å². The number of fused-ring (bicyclic) bond motifs is 1. The molecule has 5 rings (SSSR count). The number of benzene rings is 2. The van der Waals surface area contributed by atoms with E-state index in [4.69, 9.17) is 10.00 Å². The number of nitriles is 1. The number of aromatic nitrogens is 3. The Kier molecular flexibility index (Phi) is 6.64. The second-order valence-electron chi connectivity index (χ2n) is 8.68. The van der Waals surface area contributed by atoms with Gasteiger partial charge in [0.2, 0.25) is 0 Å². The number of carbonyl (C=O) groups excluding carboxylic acids is 2. The van der Waals surface area contributed by atoms with Gasteiger partial charge in [-0.3, -0.25) is 9.59 Å². The van der Waals surface area contributed by atoms with Crippen molar-refractivity contribution in [3.63, 3.8) is 0 Å². The Morgan fingerprint density at radius 1 is 1.14 bits per heavy atom. The molecular formula is C28H24N6O3. The van der Waals surface area contributed by atoms with E-state index in [9.17, 15) is 9.59 Å². The van der Waals surface area contributed by atoms with Gasteiger partial charge in [0.15, 0.2) is 5.78 Å². The first-order chi connectivity index (χ1) is 18.0. The molecule has 9 nitrogen and oxygen atoms in total. The molecule has 2 aromatic carbocycles. The summed E-state index contributed by atoms with van der Waals surface area (Å²) in [5.41, 5.74) is 1.39. The Morgan fingerprint density at radius 3 is 2.65 bits per heavy atom. The zero-order valence-corrected chi connectivity index (χ0v) is 20.0. The number of nitrogens with one attached hydrogen (secondary N) is 2. The summed E-state index contributed by atoms with van der Waals surface area (Å²) in [6, 6.07) is 18.1. The van der Waals surface area contributed by atoms with E-state index in [1.807, 2.05) is 36.4 Å². The number of H-pyrrole nitrogens is 1. The molecule has 2 N–H and O–H groups in total. The van der Waals surface area contributed by atoms with Gasteiger partial charge in [-0.15, -0.1) is 0 Å². The lowest BCUT2D eigenvalue weighted by atomic mass is 10.0. The number of hydrogen-bond acceptors (Lipinski definition) is 7. The monoisotopic (exact) mass is 492 g/mol. The van der Waals surface area contributed by atoms with Crippen molar-refractivity contribution in [1.29, 1.82) is 5.26 Å². The molecule has 184 valence electrons. The summed E-state index contributed by atoms with van der Waals surface area (Å²) in [5, 5.41) is 12.9. The van der Waals surface area contributed by atoms with E-state index >= 15 is 0 Å². The minimum atomic E-state index is -0.350. The number of likely N-dealkylation sites (tertiary alicyclic amines) is 1. The van der Waals surface area contributed by atoms with E-state index in [-0.39, 0.29) is 23.3 Å². The van der Waals surface area contributed by atoms with E-state index in [0.717, 1.165) is 12.8 Å². The first-order valence-electron chi connectivity index (χ1n) is 11.9. The molecule has 1 amide bonds. The maximum Gasteiger partial charge on any atom is 0.264 e. The van der Waals surface area contributed by atoms with E-state index in [2.05, 4.69) is 26.8 Å². The third kappa shape index (κ3) is 4.90. The lowest BCUT2D eigenvalue weighted by Gasteiger charge is -2.24. The fraction of sp³-hybridized carbons (Fsp3) is 0.179. The fourth-order valence-electron chi connectivity index (χ4n) is 4.48. The molecule has 9 heteroatoms. The first-order valence-corrected chi connectivity index (χ1v) is 11.9. The number of hydrogen-bond donors (Lipinski definition) is 2. The SMILES string of the molecule is C=C(C#N)C(=O)N1CCCC1CNc1ncnc2[nH]cc(C(=O)c3ccc(Oc4ccccc4)cc3)c12. The molecule has 0 bridgehead atoms. The molecule has 1 unspecified atom stereocenters. The minimum absolute atomic E-state index is 0.0740. The van der Waals surface area contributed by atoms with Crippen LogP contribution in [0.4, 0.5) is 5.82 Å². The van der Waals surface area contributed by atoms with Crippen molar-refractivity contribution >= 4 is 28.5 Å². The van der Waals surface area contributed by atoms with E-state index in [1.54, 1.807) is 35.4 Å². The number of nitrogens with zero attached hydrogens (tertiary/aromatic N) is 4. The highest BCUT2D eigenvalue weighted by atomic mass is 16.5. The van der Waals surface area contributed by atoms with Crippen LogP contribution in [0.5, 0.6) is 11.5 Å². The van der Waals surface area contributed by atoms with Crippen LogP contribution in [-0.4, -0.2) is 50.7 Å². The van der Waals surface area contributed by atoms with Gasteiger partial charge in [0.1, 0.15) is 40.9 Å². The van der Waals surface area contributed by atoms with E-state index in [0.29, 0.717) is 52.6 Å². The molecule has 37 heavy (non-hydrogen) atoms. The fourth-order valence-corrected chi connectivity index (χ4v) is 4.48. The van der Waals surface area contributed by atoms with Crippen LogP contribution in [0.3, 0.4) is 0 Å². The summed E-state index contributed by atoms with van der Waals surface area (Å²) in [6.07, 6.45) is 4.68. The Labute approximate surface area is 213 Å². The molecule has 2 aromatic heterocycles. The summed E-state index contributed by atoms with van der Waals surface area (Å²) in [5.74, 6) is 1.31. The molecule has 4 aromatic rings. The smallest absolute Gasteiger partial charge is 0.264 e. The van der Waals surface area contributed by atoms with Gasteiger partial charge in [-0.1, -0.05) is 24.8 Å². The minimum Gasteiger partial charge on any atom is -0.457 e. The van der Waals surface area contributed by atoms with Crippen molar-refractivity contribution < 1.29 is 14.3 Å². The highest BCUT2D eigenvalue weighted by molar-refractivity contribution is 6.18. The number of rotatable bonds is 8. The van der Waals surface area contributed by atoms with Gasteiger partial charge in [-0.2, -0.15) is 5.26 Å². The third-order valence-electron chi connectivity index (χ3n) is 6.35. The molecule has 1 aliphatic rings. The highest BCUT2D eigenvalue weighted by Crippen LogP contribution is 2.28. The van der Waals surface area contributed by atoms with Crippen LogP contribution in [0.1, 0.15) is 28.8 Å². The largest absolute Gasteiger partial charge is 0.457 e. The second kappa shape index (κ2) is 10.3. The van der Waals surface area contributed by atoms with Gasteiger partial charge in [0.05, 0.1) is 10.9 Å². The molecule has 0 aliphatic carbocycles. The Bertz CT molecular complexity index is 1500. The van der Waals surface area contributed by atoms with Crippen molar-refractivity contribution in [2.45, 2.75) is 18.9 Å². The summed E-state index contributed by atoms with van der Waals surface area (Å²) in [6.45, 7) is 4.54. The predicted molar refractivity (Wildman–Crippen MR) is 138 cm³/mol. The Hall–Kier alpha value is -4.97. The standard InChI is InChI=1S/C28H24N6O3/c1-18(14-29)28(36)34-13-5-6-20(34)15-30-26-24-23(16-31-27(24)33-17-32-26)25(35)19-9-11-22(12-10-19)37-21-7-3-2-4-8-21/h2-4,7-12,16-17,20H,1,5-6,13,15H2,(H2,30,31,32,33). The van der Waals surface area contributed by atoms with Crippen LogP contribution in [-0.2, 0) is 4.79 Å². The van der Waals surface area contributed by atoms with Crippen LogP contribution in [0.15, 0.2) is 79.3 Å². The van der Waals surface area contributed by atoms with Gasteiger partial charge in [0.25, 0.3) is 5.91 Å². The molecule has 0 radical (unpaired) electrons. The number of aromatic amines is 1. The zero-order chi connectivity index (χ0) is 25.8. The Balaban J connectivity index is 1.34. The van der Waals surface area contributed by atoms with Crippen molar-refractivity contribution in [2.75, 3.05) is 18.4 Å². The van der Waals surface area contributed by atoms with Gasteiger partial charge in [-0.25, -0.2) is 9.97 Å². The normalized spacial score (nSPS) is 14.8. The lowest BCUT2D eigenvalue weighted by molar-refractivity contribution is -0.127. The molecule has 3 heterocycles. The predicted octanol–water partition coefficient (Wildman–Crippen LogP) is 4.46. The summed E-state index contributed by atoms with van der Waals surface area (Å²) < 4.78 is 5.82. The number of para-hydroxylation sites is 1. The molecule has 1 saturated heterocycles. The number of carbonyl (C=O) groups is 2. The van der Waals surface area contributed by atoms with Crippen LogP contribution in [0.2, 0.25) is 0 Å². The number of ether oxygens (including phenoxy) is 1. The molecule has 0 spiro atoms. The molecule has 1 aliphatic heterocycles. The molecule has 1 atom stereocenters. The zero-order valence-electron chi connectivity index (χ0n) is 20.0. The first kappa shape index (κ1) is 23.8. The average Bonchev–Trinajstić information content (AvgIpc) is 3.59. The van der Waals surface area contributed by atoms with E-state index < -0.39 is 0 Å². The van der Waals surface area contributed by atoms with Crippen molar-refractivity contribution in [3.8, 4) is 17.6 Å². The quantitative estimate of drug-likeness (QED) is 0.211. The highest BCUT2D eigenvalue weighted by Gasteiger charge is 2.30. The second-order valence-corrected chi connectivity index (χ2v) is 8.68. The van der Waals surface area contributed by atoms with Crippen LogP contribution >= 0.6 is 0 Å². The summed E-state index contributed by atoms with van der Waals surface area (Å²) in [4.78, 5) is 39.3. The number of ketones is 1. The van der Waals surface area contributed by atoms with E-state index in [1.165, 1.54) is 6.33 Å². The molecule has 1 fully saturated rings. The maximum absolute atomic E-state index is 13.4. The van der Waals surface area contributed by atoms with Crippen molar-refractivity contribution in [1.82, 2.24) is 19.9 Å². The van der Waals surface area contributed by atoms with Gasteiger partial charge in [-0.05, 0) is 49.2 Å². The lowest BCUT2D eigenvalue weighted by Crippen LogP contribution is -2.40.